The van der Waals surface area contributed by atoms with Gasteiger partial charge in [0.15, 0.2) is 0 Å². The van der Waals surface area contributed by atoms with Crippen LogP contribution in [0.3, 0.4) is 0 Å². The van der Waals surface area contributed by atoms with Crippen LogP contribution in [0.15, 0.2) is 0 Å². The molecule has 0 amide bonds. The van der Waals surface area contributed by atoms with Crippen LogP contribution in [0, 0.1) is 59.2 Å². The molecule has 0 saturated heterocycles. The second kappa shape index (κ2) is 12.8. The first-order valence-corrected chi connectivity index (χ1v) is 16.1. The summed E-state index contributed by atoms with van der Waals surface area (Å²) in [6.45, 7) is 9.88. The molecule has 0 aliphatic heterocycles. The predicted octanol–water partition coefficient (Wildman–Crippen LogP) is 10.7. The summed E-state index contributed by atoms with van der Waals surface area (Å²) in [6.07, 6.45) is 29.1. The van der Waals surface area contributed by atoms with E-state index in [4.69, 9.17) is 0 Å². The summed E-state index contributed by atoms with van der Waals surface area (Å²) in [4.78, 5) is 0. The lowest BCUT2D eigenvalue weighted by molar-refractivity contribution is 0.00254. The quantitative estimate of drug-likeness (QED) is 0.386. The maximum atomic E-state index is 2.60. The van der Waals surface area contributed by atoms with Gasteiger partial charge in [-0.05, 0) is 97.7 Å². The largest absolute Gasteiger partial charge is 0.0654 e. The summed E-state index contributed by atoms with van der Waals surface area (Å²) in [7, 11) is 0. The zero-order valence-electron chi connectivity index (χ0n) is 23.2. The number of hydrogen-bond acceptors (Lipinski definition) is 0. The molecule has 0 spiro atoms. The molecule has 5 fully saturated rings. The highest BCUT2D eigenvalue weighted by Crippen LogP contribution is 2.55. The molecule has 0 heteroatoms. The smallest absolute Gasteiger partial charge is 0.0324 e. The molecule has 0 nitrogen and oxygen atoms in total. The third kappa shape index (κ3) is 6.23. The van der Waals surface area contributed by atoms with Gasteiger partial charge in [-0.25, -0.2) is 0 Å². The van der Waals surface area contributed by atoms with Crippen molar-refractivity contribution in [3.05, 3.63) is 0 Å². The van der Waals surface area contributed by atoms with Gasteiger partial charge in [-0.1, -0.05) is 111 Å². The van der Waals surface area contributed by atoms with Crippen molar-refractivity contribution in [3.63, 3.8) is 0 Å². The van der Waals surface area contributed by atoms with Crippen molar-refractivity contribution in [2.75, 3.05) is 0 Å². The molecule has 0 bridgehead atoms. The van der Waals surface area contributed by atoms with Crippen LogP contribution in [0.5, 0.6) is 0 Å². The summed E-state index contributed by atoms with van der Waals surface area (Å²) >= 11 is 0. The average Bonchev–Trinajstić information content (AvgIpc) is 3.31. The number of fused-ring (bicyclic) bond motifs is 2. The number of rotatable bonds is 5. The molecule has 0 aromatic rings. The lowest BCUT2D eigenvalue weighted by Gasteiger charge is -2.49. The molecule has 5 rings (SSSR count). The molecule has 5 aliphatic carbocycles. The molecule has 5 aliphatic rings. The fourth-order valence-electron chi connectivity index (χ4n) is 10.3. The Balaban J connectivity index is 0.000000172. The van der Waals surface area contributed by atoms with Gasteiger partial charge in [0, 0.05) is 0 Å². The van der Waals surface area contributed by atoms with E-state index in [2.05, 4.69) is 27.7 Å². The molecule has 0 heterocycles. The van der Waals surface area contributed by atoms with Crippen molar-refractivity contribution < 1.29 is 0 Å². The minimum absolute atomic E-state index is 1.02. The van der Waals surface area contributed by atoms with E-state index in [9.17, 15) is 0 Å². The van der Waals surface area contributed by atoms with E-state index < -0.39 is 0 Å². The van der Waals surface area contributed by atoms with Crippen molar-refractivity contribution in [2.24, 2.45) is 59.2 Å². The Kier molecular flexibility index (Phi) is 10.1. The molecule has 9 unspecified atom stereocenters. The lowest BCUT2D eigenvalue weighted by Crippen LogP contribution is -2.41. The molecule has 0 N–H and O–H groups in total. The van der Waals surface area contributed by atoms with E-state index in [1.54, 1.807) is 64.2 Å². The zero-order chi connectivity index (χ0) is 23.2. The second-order valence-electron chi connectivity index (χ2n) is 13.7. The summed E-state index contributed by atoms with van der Waals surface area (Å²) in [6, 6.07) is 0. The van der Waals surface area contributed by atoms with E-state index in [1.807, 2.05) is 0 Å². The van der Waals surface area contributed by atoms with E-state index >= 15 is 0 Å². The Morgan fingerprint density at radius 3 is 2.03 bits per heavy atom. The summed E-state index contributed by atoms with van der Waals surface area (Å²) in [5.41, 5.74) is 0. The average molecular weight is 457 g/mol. The Morgan fingerprint density at radius 2 is 1.27 bits per heavy atom. The second-order valence-corrected chi connectivity index (χ2v) is 13.7. The Hall–Kier alpha value is 0. The first-order valence-electron chi connectivity index (χ1n) is 16.1. The first kappa shape index (κ1) is 26.1. The van der Waals surface area contributed by atoms with Crippen LogP contribution in [0.1, 0.15) is 150 Å². The molecule has 192 valence electrons. The number of hydrogen-bond donors (Lipinski definition) is 0. The van der Waals surface area contributed by atoms with Gasteiger partial charge in [0.1, 0.15) is 0 Å². The summed E-state index contributed by atoms with van der Waals surface area (Å²) < 4.78 is 0. The van der Waals surface area contributed by atoms with E-state index in [0.29, 0.717) is 0 Å². The molecular weight excluding hydrogens is 396 g/mol. The van der Waals surface area contributed by atoms with Crippen LogP contribution in [-0.2, 0) is 0 Å². The van der Waals surface area contributed by atoms with Gasteiger partial charge in [0.2, 0.25) is 0 Å². The minimum atomic E-state index is 1.02. The highest BCUT2D eigenvalue weighted by molar-refractivity contribution is 4.96. The summed E-state index contributed by atoms with van der Waals surface area (Å²) in [5, 5.41) is 0. The third-order valence-corrected chi connectivity index (χ3v) is 12.0. The maximum absolute atomic E-state index is 2.60. The Labute approximate surface area is 208 Å². The van der Waals surface area contributed by atoms with Crippen molar-refractivity contribution in [2.45, 2.75) is 150 Å². The monoisotopic (exact) mass is 456 g/mol. The molecule has 33 heavy (non-hydrogen) atoms. The molecule has 0 aromatic carbocycles. The van der Waals surface area contributed by atoms with E-state index in [0.717, 1.165) is 59.2 Å². The van der Waals surface area contributed by atoms with Gasteiger partial charge in [-0.15, -0.1) is 0 Å². The van der Waals surface area contributed by atoms with Crippen LogP contribution in [0.4, 0.5) is 0 Å². The summed E-state index contributed by atoms with van der Waals surface area (Å²) in [5.74, 6) is 10.9. The van der Waals surface area contributed by atoms with Crippen molar-refractivity contribution in [3.8, 4) is 0 Å². The highest BCUT2D eigenvalue weighted by Gasteiger charge is 2.47. The van der Waals surface area contributed by atoms with Crippen molar-refractivity contribution in [1.29, 1.82) is 0 Å². The predicted molar refractivity (Wildman–Crippen MR) is 145 cm³/mol. The topological polar surface area (TPSA) is 0 Å². The lowest BCUT2D eigenvalue weighted by atomic mass is 9.56. The van der Waals surface area contributed by atoms with Crippen LogP contribution in [0.25, 0.3) is 0 Å². The minimum Gasteiger partial charge on any atom is -0.0654 e. The zero-order valence-corrected chi connectivity index (χ0v) is 23.2. The normalized spacial score (nSPS) is 43.8. The fourth-order valence-corrected chi connectivity index (χ4v) is 10.3. The van der Waals surface area contributed by atoms with E-state index in [-0.39, 0.29) is 0 Å². The first-order chi connectivity index (χ1) is 16.1. The molecular formula is C33H60. The molecule has 0 radical (unpaired) electrons. The Morgan fingerprint density at radius 1 is 0.606 bits per heavy atom. The van der Waals surface area contributed by atoms with Crippen molar-refractivity contribution >= 4 is 0 Å². The maximum Gasteiger partial charge on any atom is -0.0324 e. The molecule has 9 atom stereocenters. The van der Waals surface area contributed by atoms with Gasteiger partial charge in [-0.3, -0.25) is 0 Å². The van der Waals surface area contributed by atoms with Gasteiger partial charge in [0.05, 0.1) is 0 Å². The van der Waals surface area contributed by atoms with Gasteiger partial charge in [-0.2, -0.15) is 0 Å². The van der Waals surface area contributed by atoms with Crippen LogP contribution in [-0.4, -0.2) is 0 Å². The fraction of sp³-hybridized carbons (Fsp3) is 1.00. The van der Waals surface area contributed by atoms with Gasteiger partial charge < -0.3 is 0 Å². The molecule has 0 aromatic heterocycles. The number of unbranched alkanes of at least 4 members (excludes halogenated alkanes) is 1. The third-order valence-electron chi connectivity index (χ3n) is 12.0. The van der Waals surface area contributed by atoms with E-state index in [1.165, 1.54) is 57.8 Å². The van der Waals surface area contributed by atoms with Gasteiger partial charge in [0.25, 0.3) is 0 Å². The van der Waals surface area contributed by atoms with Crippen LogP contribution >= 0.6 is 0 Å². The standard InChI is InChI=1S/C20H36.C13H24/c1-3-4-12-18-15(2)14-17-11-8-13-19(17)20(18)16-9-6-5-7-10-16;1-3-11-8-9-12-6-4-5-7-13(12)10(11)2/h15-20H,3-14H2,1-2H3;10-13H,3-9H2,1-2H3. The van der Waals surface area contributed by atoms with Crippen LogP contribution < -0.4 is 0 Å². The van der Waals surface area contributed by atoms with Gasteiger partial charge >= 0.3 is 0 Å². The SMILES string of the molecule is CCC1CCC2CCCCC2C1C.CCCCC1C(C)CC2CCCC2C1C1CCCCC1. The highest BCUT2D eigenvalue weighted by atomic mass is 14.5. The Bertz CT molecular complexity index is 544. The van der Waals surface area contributed by atoms with Crippen molar-refractivity contribution in [1.82, 2.24) is 0 Å². The van der Waals surface area contributed by atoms with Crippen LogP contribution in [0.2, 0.25) is 0 Å². The molecule has 5 saturated carbocycles.